The fraction of sp³-hybridized carbons (Fsp3) is 0.0556. The molecule has 0 radical (unpaired) electrons. The maximum absolute atomic E-state index is 9.11. The summed E-state index contributed by atoms with van der Waals surface area (Å²) in [6, 6.07) is 22.1. The van der Waals surface area contributed by atoms with E-state index in [9.17, 15) is 0 Å². The second-order valence-corrected chi connectivity index (χ2v) is 4.69. The van der Waals surface area contributed by atoms with E-state index in [1.165, 1.54) is 10.8 Å². The van der Waals surface area contributed by atoms with Crippen LogP contribution in [0.25, 0.3) is 10.8 Å². The van der Waals surface area contributed by atoms with Gasteiger partial charge in [-0.3, -0.25) is 4.99 Å². The molecule has 0 aliphatic heterocycles. The van der Waals surface area contributed by atoms with Crippen LogP contribution in [0.5, 0.6) is 0 Å². The van der Waals surface area contributed by atoms with Gasteiger partial charge in [0.25, 0.3) is 0 Å². The molecule has 3 rings (SSSR count). The molecule has 20 heavy (non-hydrogen) atoms. The van der Waals surface area contributed by atoms with Gasteiger partial charge in [0.05, 0.1) is 12.3 Å². The third-order valence-corrected chi connectivity index (χ3v) is 3.23. The molecule has 0 aliphatic carbocycles. The quantitative estimate of drug-likeness (QED) is 0.708. The lowest BCUT2D eigenvalue weighted by Gasteiger charge is -2.00. The van der Waals surface area contributed by atoms with Crippen LogP contribution in [0, 0.1) is 0 Å². The van der Waals surface area contributed by atoms with Crippen molar-refractivity contribution in [3.8, 4) is 0 Å². The number of hydrogen-bond donors (Lipinski definition) is 1. The summed E-state index contributed by atoms with van der Waals surface area (Å²) in [6.45, 7) is 0.0410. The van der Waals surface area contributed by atoms with E-state index in [0.29, 0.717) is 0 Å². The molecule has 0 heterocycles. The fourth-order valence-corrected chi connectivity index (χ4v) is 2.17. The van der Waals surface area contributed by atoms with Crippen molar-refractivity contribution in [2.24, 2.45) is 4.99 Å². The molecule has 0 atom stereocenters. The Morgan fingerprint density at radius 2 is 1.70 bits per heavy atom. The molecule has 0 saturated carbocycles. The smallest absolute Gasteiger partial charge is 0.0682 e. The second-order valence-electron chi connectivity index (χ2n) is 4.69. The van der Waals surface area contributed by atoms with Gasteiger partial charge in [0, 0.05) is 6.21 Å². The lowest BCUT2D eigenvalue weighted by molar-refractivity contribution is 0.282. The zero-order valence-electron chi connectivity index (χ0n) is 11.0. The summed E-state index contributed by atoms with van der Waals surface area (Å²) in [4.78, 5) is 4.46. The Morgan fingerprint density at radius 3 is 2.55 bits per heavy atom. The Labute approximate surface area is 118 Å². The Balaban J connectivity index is 1.89. The van der Waals surface area contributed by atoms with Crippen LogP contribution in [0.1, 0.15) is 11.1 Å². The van der Waals surface area contributed by atoms with Crippen LogP contribution in [0.15, 0.2) is 71.7 Å². The molecule has 3 aromatic carbocycles. The maximum Gasteiger partial charge on any atom is 0.0682 e. The predicted octanol–water partition coefficient (Wildman–Crippen LogP) is 4.08. The van der Waals surface area contributed by atoms with Gasteiger partial charge in [-0.25, -0.2) is 0 Å². The number of nitrogens with zero attached hydrogens (tertiary/aromatic N) is 1. The van der Waals surface area contributed by atoms with E-state index in [0.717, 1.165) is 16.8 Å². The number of hydrogen-bond acceptors (Lipinski definition) is 2. The minimum absolute atomic E-state index is 0.0410. The topological polar surface area (TPSA) is 32.6 Å². The van der Waals surface area contributed by atoms with Gasteiger partial charge in [-0.1, -0.05) is 48.5 Å². The SMILES string of the molecule is OCc1cccc(N=Cc2ccc3ccccc3c2)c1. The number of aliphatic hydroxyl groups is 1. The first kappa shape index (κ1) is 12.6. The first-order chi connectivity index (χ1) is 9.85. The van der Waals surface area contributed by atoms with E-state index in [4.69, 9.17) is 5.11 Å². The number of aliphatic hydroxyl groups excluding tert-OH is 1. The van der Waals surface area contributed by atoms with Gasteiger partial charge >= 0.3 is 0 Å². The van der Waals surface area contributed by atoms with Crippen LogP contribution in [0.4, 0.5) is 5.69 Å². The average Bonchev–Trinajstić information content (AvgIpc) is 2.53. The van der Waals surface area contributed by atoms with E-state index < -0.39 is 0 Å². The van der Waals surface area contributed by atoms with E-state index >= 15 is 0 Å². The van der Waals surface area contributed by atoms with Crippen LogP contribution in [-0.2, 0) is 6.61 Å². The van der Waals surface area contributed by atoms with Crippen molar-refractivity contribution < 1.29 is 5.11 Å². The summed E-state index contributed by atoms with van der Waals surface area (Å²) in [5.74, 6) is 0. The van der Waals surface area contributed by atoms with Crippen molar-refractivity contribution in [2.45, 2.75) is 6.61 Å². The van der Waals surface area contributed by atoms with Gasteiger partial charge in [0.15, 0.2) is 0 Å². The maximum atomic E-state index is 9.11. The molecule has 0 fully saturated rings. The molecule has 0 unspecified atom stereocenters. The lowest BCUT2D eigenvalue weighted by atomic mass is 10.1. The molecule has 98 valence electrons. The predicted molar refractivity (Wildman–Crippen MR) is 83.6 cm³/mol. The zero-order valence-corrected chi connectivity index (χ0v) is 11.0. The van der Waals surface area contributed by atoms with E-state index in [1.54, 1.807) is 0 Å². The number of aliphatic imine (C=N–C) groups is 1. The monoisotopic (exact) mass is 261 g/mol. The molecule has 0 spiro atoms. The minimum Gasteiger partial charge on any atom is -0.392 e. The second kappa shape index (κ2) is 5.68. The Hall–Kier alpha value is -2.45. The third kappa shape index (κ3) is 2.76. The first-order valence-corrected chi connectivity index (χ1v) is 6.58. The molecule has 0 amide bonds. The van der Waals surface area contributed by atoms with Crippen LogP contribution in [0.3, 0.4) is 0 Å². The zero-order chi connectivity index (χ0) is 13.8. The van der Waals surface area contributed by atoms with Crippen LogP contribution in [0.2, 0.25) is 0 Å². The largest absolute Gasteiger partial charge is 0.392 e. The molecular formula is C18H15NO. The molecule has 2 nitrogen and oxygen atoms in total. The van der Waals surface area contributed by atoms with Gasteiger partial charge in [0.1, 0.15) is 0 Å². The highest BCUT2D eigenvalue weighted by Gasteiger charge is 1.95. The fourth-order valence-electron chi connectivity index (χ4n) is 2.17. The number of fused-ring (bicyclic) bond motifs is 1. The van der Waals surface area contributed by atoms with Gasteiger partial charge in [-0.15, -0.1) is 0 Å². The Kier molecular flexibility index (Phi) is 3.57. The van der Waals surface area contributed by atoms with Crippen LogP contribution in [-0.4, -0.2) is 11.3 Å². The molecule has 0 aromatic heterocycles. The van der Waals surface area contributed by atoms with E-state index in [-0.39, 0.29) is 6.61 Å². The molecule has 1 N–H and O–H groups in total. The summed E-state index contributed by atoms with van der Waals surface area (Å²) in [5.41, 5.74) is 2.79. The summed E-state index contributed by atoms with van der Waals surface area (Å²) < 4.78 is 0. The highest BCUT2D eigenvalue weighted by Crippen LogP contribution is 2.17. The van der Waals surface area contributed by atoms with Crippen molar-refractivity contribution in [1.29, 1.82) is 0 Å². The van der Waals surface area contributed by atoms with Crippen molar-refractivity contribution >= 4 is 22.7 Å². The van der Waals surface area contributed by atoms with Gasteiger partial charge in [-0.2, -0.15) is 0 Å². The molecule has 0 bridgehead atoms. The first-order valence-electron chi connectivity index (χ1n) is 6.58. The Bertz CT molecular complexity index is 762. The van der Waals surface area contributed by atoms with E-state index in [2.05, 4.69) is 35.3 Å². The van der Waals surface area contributed by atoms with Crippen molar-refractivity contribution in [2.75, 3.05) is 0 Å². The normalized spacial score (nSPS) is 11.2. The summed E-state index contributed by atoms with van der Waals surface area (Å²) in [7, 11) is 0. The average molecular weight is 261 g/mol. The molecule has 0 aliphatic rings. The van der Waals surface area contributed by atoms with Gasteiger partial charge in [-0.05, 0) is 40.1 Å². The Morgan fingerprint density at radius 1 is 0.850 bits per heavy atom. The molecular weight excluding hydrogens is 246 g/mol. The van der Waals surface area contributed by atoms with Crippen molar-refractivity contribution in [1.82, 2.24) is 0 Å². The molecule has 3 aromatic rings. The summed E-state index contributed by atoms with van der Waals surface area (Å²) in [6.07, 6.45) is 1.85. The van der Waals surface area contributed by atoms with Gasteiger partial charge in [0.2, 0.25) is 0 Å². The summed E-state index contributed by atoms with van der Waals surface area (Å²) >= 11 is 0. The molecule has 0 saturated heterocycles. The lowest BCUT2D eigenvalue weighted by Crippen LogP contribution is -1.83. The van der Waals surface area contributed by atoms with Crippen molar-refractivity contribution in [3.63, 3.8) is 0 Å². The standard InChI is InChI=1S/C18H15NO/c20-13-15-4-3-7-18(11-15)19-12-14-8-9-16-5-1-2-6-17(16)10-14/h1-12,20H,13H2. The molecule has 2 heteroatoms. The van der Waals surface area contributed by atoms with Crippen LogP contribution >= 0.6 is 0 Å². The number of rotatable bonds is 3. The third-order valence-electron chi connectivity index (χ3n) is 3.23. The number of benzene rings is 3. The summed E-state index contributed by atoms with van der Waals surface area (Å²) in [5, 5.41) is 11.6. The van der Waals surface area contributed by atoms with E-state index in [1.807, 2.05) is 42.6 Å². The van der Waals surface area contributed by atoms with Crippen molar-refractivity contribution in [3.05, 3.63) is 77.9 Å². The highest BCUT2D eigenvalue weighted by atomic mass is 16.3. The minimum atomic E-state index is 0.0410. The van der Waals surface area contributed by atoms with Crippen LogP contribution < -0.4 is 0 Å². The van der Waals surface area contributed by atoms with Gasteiger partial charge < -0.3 is 5.11 Å². The highest BCUT2D eigenvalue weighted by molar-refractivity contribution is 5.91.